The number of ether oxygens (including phenoxy) is 1. The highest BCUT2D eigenvalue weighted by Crippen LogP contribution is 2.15. The molecule has 0 spiro atoms. The molecule has 0 radical (unpaired) electrons. The van der Waals surface area contributed by atoms with Gasteiger partial charge in [0.25, 0.3) is 6.20 Å². The first-order chi connectivity index (χ1) is 7.65. The second-order valence-electron chi connectivity index (χ2n) is 2.83. The molecule has 0 bridgehead atoms. The summed E-state index contributed by atoms with van der Waals surface area (Å²) in [4.78, 5) is 9.63. The molecular formula is C9H12N4O3. The SMILES string of the molecule is COc1ccc(NC(=C[N+](=O)[O-])NN)cc1. The number of hydrogen-bond donors (Lipinski definition) is 3. The topological polar surface area (TPSA) is 102 Å². The summed E-state index contributed by atoms with van der Waals surface area (Å²) < 4.78 is 4.97. The van der Waals surface area contributed by atoms with Gasteiger partial charge in [0.1, 0.15) is 5.75 Å². The van der Waals surface area contributed by atoms with Crippen LogP contribution in [0.1, 0.15) is 0 Å². The van der Waals surface area contributed by atoms with E-state index in [2.05, 4.69) is 10.7 Å². The zero-order chi connectivity index (χ0) is 12.0. The summed E-state index contributed by atoms with van der Waals surface area (Å²) in [5, 5.41) is 13.0. The third-order valence-electron chi connectivity index (χ3n) is 1.76. The van der Waals surface area contributed by atoms with Crippen molar-refractivity contribution >= 4 is 5.69 Å². The van der Waals surface area contributed by atoms with Crippen LogP contribution in [0.15, 0.2) is 36.3 Å². The minimum absolute atomic E-state index is 0.0927. The molecule has 16 heavy (non-hydrogen) atoms. The van der Waals surface area contributed by atoms with Crippen LogP contribution in [0.25, 0.3) is 0 Å². The normalized spacial score (nSPS) is 10.8. The fraction of sp³-hybridized carbons (Fsp3) is 0.111. The van der Waals surface area contributed by atoms with Gasteiger partial charge in [0, 0.05) is 5.69 Å². The lowest BCUT2D eigenvalue weighted by Gasteiger charge is -2.08. The second kappa shape index (κ2) is 5.56. The lowest BCUT2D eigenvalue weighted by Crippen LogP contribution is -2.27. The standard InChI is InChI=1S/C9H12N4O3/c1-16-8-4-2-7(3-5-8)11-9(12-10)6-13(14)15/h2-6,11-12H,10H2,1H3. The lowest BCUT2D eigenvalue weighted by molar-refractivity contribution is -0.403. The Kier molecular flexibility index (Phi) is 4.10. The molecule has 0 saturated carbocycles. The summed E-state index contributed by atoms with van der Waals surface area (Å²) in [6.07, 6.45) is 0.740. The Bertz CT molecular complexity index is 388. The highest BCUT2D eigenvalue weighted by Gasteiger charge is 2.01. The first-order valence-corrected chi connectivity index (χ1v) is 4.38. The van der Waals surface area contributed by atoms with Gasteiger partial charge in [-0.25, -0.2) is 5.84 Å². The van der Waals surface area contributed by atoms with Gasteiger partial charge in [0.2, 0.25) is 0 Å². The molecule has 86 valence electrons. The maximum absolute atomic E-state index is 10.2. The molecule has 0 fully saturated rings. The highest BCUT2D eigenvalue weighted by atomic mass is 16.6. The molecule has 0 aliphatic heterocycles. The summed E-state index contributed by atoms with van der Waals surface area (Å²) in [5.41, 5.74) is 2.85. The molecule has 1 aromatic carbocycles. The van der Waals surface area contributed by atoms with Crippen LogP contribution in [0, 0.1) is 10.1 Å². The Morgan fingerprint density at radius 2 is 2.12 bits per heavy atom. The van der Waals surface area contributed by atoms with Crippen molar-refractivity contribution in [3.63, 3.8) is 0 Å². The molecule has 0 atom stereocenters. The molecule has 0 unspecified atom stereocenters. The van der Waals surface area contributed by atoms with Crippen LogP contribution in [-0.2, 0) is 0 Å². The number of hydrogen-bond acceptors (Lipinski definition) is 6. The number of hydrazine groups is 1. The van der Waals surface area contributed by atoms with E-state index in [1.165, 1.54) is 0 Å². The third-order valence-corrected chi connectivity index (χ3v) is 1.76. The van der Waals surface area contributed by atoms with Crippen LogP contribution < -0.4 is 21.3 Å². The predicted octanol–water partition coefficient (Wildman–Crippen LogP) is 0.646. The van der Waals surface area contributed by atoms with E-state index in [-0.39, 0.29) is 5.82 Å². The summed E-state index contributed by atoms with van der Waals surface area (Å²) in [6, 6.07) is 6.87. The van der Waals surface area contributed by atoms with Gasteiger partial charge in [-0.3, -0.25) is 10.1 Å². The van der Waals surface area contributed by atoms with Gasteiger partial charge in [-0.2, -0.15) is 0 Å². The number of rotatable bonds is 5. The van der Waals surface area contributed by atoms with Crippen LogP contribution >= 0.6 is 0 Å². The maximum Gasteiger partial charge on any atom is 0.275 e. The summed E-state index contributed by atoms with van der Waals surface area (Å²) in [6.45, 7) is 0. The minimum Gasteiger partial charge on any atom is -0.497 e. The van der Waals surface area contributed by atoms with Gasteiger partial charge in [-0.05, 0) is 24.3 Å². The number of nitrogens with zero attached hydrogens (tertiary/aromatic N) is 1. The van der Waals surface area contributed by atoms with Gasteiger partial charge in [0.15, 0.2) is 5.82 Å². The van der Waals surface area contributed by atoms with Crippen LogP contribution in [0.4, 0.5) is 5.69 Å². The largest absolute Gasteiger partial charge is 0.497 e. The maximum atomic E-state index is 10.2. The molecular weight excluding hydrogens is 212 g/mol. The zero-order valence-electron chi connectivity index (χ0n) is 8.64. The van der Waals surface area contributed by atoms with E-state index in [1.54, 1.807) is 31.4 Å². The van der Waals surface area contributed by atoms with Crippen molar-refractivity contribution in [2.45, 2.75) is 0 Å². The first kappa shape index (κ1) is 11.8. The van der Waals surface area contributed by atoms with Gasteiger partial charge in [0.05, 0.1) is 12.0 Å². The number of anilines is 1. The Labute approximate surface area is 92.0 Å². The average Bonchev–Trinajstić information content (AvgIpc) is 2.28. The molecule has 1 rings (SSSR count). The molecule has 4 N–H and O–H groups in total. The van der Waals surface area contributed by atoms with Crippen LogP contribution in [0.2, 0.25) is 0 Å². The quantitative estimate of drug-likeness (QED) is 0.385. The van der Waals surface area contributed by atoms with Crippen LogP contribution in [0.3, 0.4) is 0 Å². The third kappa shape index (κ3) is 3.46. The highest BCUT2D eigenvalue weighted by molar-refractivity contribution is 5.49. The van der Waals surface area contributed by atoms with Gasteiger partial charge >= 0.3 is 0 Å². The number of nitrogens with one attached hydrogen (secondary N) is 2. The van der Waals surface area contributed by atoms with E-state index in [4.69, 9.17) is 10.6 Å². The predicted molar refractivity (Wildman–Crippen MR) is 59.0 cm³/mol. The van der Waals surface area contributed by atoms with Crippen molar-refractivity contribution in [2.24, 2.45) is 5.84 Å². The Balaban J connectivity index is 2.74. The van der Waals surface area contributed by atoms with Gasteiger partial charge < -0.3 is 15.5 Å². The molecule has 0 aromatic heterocycles. The number of methoxy groups -OCH3 is 1. The van der Waals surface area contributed by atoms with Crippen molar-refractivity contribution in [3.05, 3.63) is 46.4 Å². The van der Waals surface area contributed by atoms with Crippen molar-refractivity contribution in [1.82, 2.24) is 5.43 Å². The Hall–Kier alpha value is -2.28. The molecule has 0 heterocycles. The molecule has 7 nitrogen and oxygen atoms in total. The van der Waals surface area contributed by atoms with Gasteiger partial charge in [-0.15, -0.1) is 0 Å². The summed E-state index contributed by atoms with van der Waals surface area (Å²) >= 11 is 0. The van der Waals surface area contributed by atoms with E-state index in [0.29, 0.717) is 11.4 Å². The van der Waals surface area contributed by atoms with E-state index in [1.807, 2.05) is 0 Å². The van der Waals surface area contributed by atoms with E-state index in [9.17, 15) is 10.1 Å². The minimum atomic E-state index is -0.605. The van der Waals surface area contributed by atoms with E-state index in [0.717, 1.165) is 6.20 Å². The zero-order valence-corrected chi connectivity index (χ0v) is 8.64. The molecule has 0 amide bonds. The molecule has 0 aliphatic carbocycles. The first-order valence-electron chi connectivity index (χ1n) is 4.38. The van der Waals surface area contributed by atoms with Crippen molar-refractivity contribution < 1.29 is 9.66 Å². The average molecular weight is 224 g/mol. The number of nitrogens with two attached hydrogens (primary N) is 1. The smallest absolute Gasteiger partial charge is 0.275 e. The molecule has 7 heteroatoms. The lowest BCUT2D eigenvalue weighted by atomic mass is 10.3. The van der Waals surface area contributed by atoms with E-state index >= 15 is 0 Å². The number of nitro groups is 1. The fourth-order valence-corrected chi connectivity index (χ4v) is 1.04. The van der Waals surface area contributed by atoms with Crippen molar-refractivity contribution in [1.29, 1.82) is 0 Å². The van der Waals surface area contributed by atoms with Crippen molar-refractivity contribution in [2.75, 3.05) is 12.4 Å². The van der Waals surface area contributed by atoms with Crippen molar-refractivity contribution in [3.8, 4) is 5.75 Å². The second-order valence-corrected chi connectivity index (χ2v) is 2.83. The number of benzene rings is 1. The monoisotopic (exact) mass is 224 g/mol. The fourth-order valence-electron chi connectivity index (χ4n) is 1.04. The Morgan fingerprint density at radius 3 is 2.56 bits per heavy atom. The molecule has 0 saturated heterocycles. The van der Waals surface area contributed by atoms with Crippen LogP contribution in [-0.4, -0.2) is 12.0 Å². The summed E-state index contributed by atoms with van der Waals surface area (Å²) in [5.74, 6) is 5.91. The molecule has 0 aliphatic rings. The summed E-state index contributed by atoms with van der Waals surface area (Å²) in [7, 11) is 1.56. The molecule has 1 aromatic rings. The van der Waals surface area contributed by atoms with Crippen LogP contribution in [0.5, 0.6) is 5.75 Å². The Morgan fingerprint density at radius 1 is 1.50 bits per heavy atom. The van der Waals surface area contributed by atoms with Gasteiger partial charge in [-0.1, -0.05) is 0 Å². The van der Waals surface area contributed by atoms with E-state index < -0.39 is 4.92 Å².